The third-order valence-electron chi connectivity index (χ3n) is 3.09. The largest absolute Gasteiger partial charge is 0.299 e. The van der Waals surface area contributed by atoms with Crippen LogP contribution < -0.4 is 0 Å². The SMILES string of the molecule is CCn1nc(C)c(Br)c1CCC(=O)C1CC1. The highest BCUT2D eigenvalue weighted by atomic mass is 79.9. The Kier molecular flexibility index (Phi) is 3.47. The number of rotatable bonds is 5. The van der Waals surface area contributed by atoms with Crippen molar-refractivity contribution in [2.24, 2.45) is 5.92 Å². The van der Waals surface area contributed by atoms with Gasteiger partial charge >= 0.3 is 0 Å². The number of hydrogen-bond donors (Lipinski definition) is 0. The fourth-order valence-corrected chi connectivity index (χ4v) is 2.44. The van der Waals surface area contributed by atoms with Gasteiger partial charge in [0.25, 0.3) is 0 Å². The first kappa shape index (κ1) is 11.8. The summed E-state index contributed by atoms with van der Waals surface area (Å²) >= 11 is 3.55. The number of halogens is 1. The number of Topliss-reactive ketones (excluding diaryl/α,β-unsaturated/α-hetero) is 1. The van der Waals surface area contributed by atoms with Gasteiger partial charge in [0, 0.05) is 18.9 Å². The zero-order valence-electron chi connectivity index (χ0n) is 9.79. The molecule has 1 aromatic rings. The summed E-state index contributed by atoms with van der Waals surface area (Å²) in [4.78, 5) is 11.7. The van der Waals surface area contributed by atoms with E-state index in [4.69, 9.17) is 0 Å². The Morgan fingerprint density at radius 3 is 2.81 bits per heavy atom. The second-order valence-corrected chi connectivity index (χ2v) is 5.20. The zero-order chi connectivity index (χ0) is 11.7. The Morgan fingerprint density at radius 2 is 2.25 bits per heavy atom. The summed E-state index contributed by atoms with van der Waals surface area (Å²) in [5, 5.41) is 4.43. The zero-order valence-corrected chi connectivity index (χ0v) is 11.4. The molecule has 0 saturated heterocycles. The highest BCUT2D eigenvalue weighted by Crippen LogP contribution is 2.32. The van der Waals surface area contributed by atoms with Crippen LogP contribution in [-0.4, -0.2) is 15.6 Å². The van der Waals surface area contributed by atoms with Crippen molar-refractivity contribution in [3.8, 4) is 0 Å². The summed E-state index contributed by atoms with van der Waals surface area (Å²) in [6, 6.07) is 0. The number of aromatic nitrogens is 2. The molecule has 0 spiro atoms. The minimum Gasteiger partial charge on any atom is -0.299 e. The van der Waals surface area contributed by atoms with Crippen LogP contribution in [0.3, 0.4) is 0 Å². The van der Waals surface area contributed by atoms with Crippen LogP contribution in [0.1, 0.15) is 37.6 Å². The van der Waals surface area contributed by atoms with Crippen molar-refractivity contribution >= 4 is 21.7 Å². The highest BCUT2D eigenvalue weighted by molar-refractivity contribution is 9.10. The van der Waals surface area contributed by atoms with E-state index < -0.39 is 0 Å². The molecule has 0 N–H and O–H groups in total. The van der Waals surface area contributed by atoms with Crippen molar-refractivity contribution < 1.29 is 4.79 Å². The Hall–Kier alpha value is -0.640. The van der Waals surface area contributed by atoms with Crippen molar-refractivity contribution in [2.45, 2.75) is 46.1 Å². The molecule has 0 radical (unpaired) electrons. The predicted molar refractivity (Wildman–Crippen MR) is 66.4 cm³/mol. The van der Waals surface area contributed by atoms with Gasteiger partial charge in [0.15, 0.2) is 0 Å². The highest BCUT2D eigenvalue weighted by Gasteiger charge is 2.29. The van der Waals surface area contributed by atoms with Crippen LogP contribution >= 0.6 is 15.9 Å². The van der Waals surface area contributed by atoms with Gasteiger partial charge in [-0.2, -0.15) is 5.10 Å². The average Bonchev–Trinajstić information content (AvgIpc) is 3.06. The molecule has 88 valence electrons. The van der Waals surface area contributed by atoms with Crippen molar-refractivity contribution in [3.63, 3.8) is 0 Å². The van der Waals surface area contributed by atoms with E-state index in [0.717, 1.165) is 41.7 Å². The molecule has 0 unspecified atom stereocenters. The Labute approximate surface area is 104 Å². The van der Waals surface area contributed by atoms with Gasteiger partial charge in [-0.3, -0.25) is 9.48 Å². The van der Waals surface area contributed by atoms with E-state index in [1.54, 1.807) is 0 Å². The van der Waals surface area contributed by atoms with Crippen LogP contribution in [0.15, 0.2) is 4.47 Å². The van der Waals surface area contributed by atoms with E-state index in [-0.39, 0.29) is 0 Å². The first-order chi connectivity index (χ1) is 7.63. The molecule has 16 heavy (non-hydrogen) atoms. The standard InChI is InChI=1S/C12H17BrN2O/c1-3-15-10(12(13)8(2)14-15)6-7-11(16)9-4-5-9/h9H,3-7H2,1-2H3. The fourth-order valence-electron chi connectivity index (χ4n) is 1.96. The minimum absolute atomic E-state index is 0.373. The van der Waals surface area contributed by atoms with Crippen LogP contribution in [0.25, 0.3) is 0 Å². The van der Waals surface area contributed by atoms with Gasteiger partial charge in [-0.15, -0.1) is 0 Å². The number of aryl methyl sites for hydroxylation is 2. The van der Waals surface area contributed by atoms with Crippen molar-refractivity contribution in [1.82, 2.24) is 9.78 Å². The van der Waals surface area contributed by atoms with Crippen molar-refractivity contribution in [1.29, 1.82) is 0 Å². The van der Waals surface area contributed by atoms with E-state index in [1.165, 1.54) is 0 Å². The number of carbonyl (C=O) groups excluding carboxylic acids is 1. The lowest BCUT2D eigenvalue weighted by Crippen LogP contribution is -2.07. The first-order valence-corrected chi connectivity index (χ1v) is 6.67. The molecular formula is C12H17BrN2O. The Morgan fingerprint density at radius 1 is 1.56 bits per heavy atom. The van der Waals surface area contributed by atoms with Gasteiger partial charge in [0.1, 0.15) is 5.78 Å². The quantitative estimate of drug-likeness (QED) is 0.833. The molecule has 0 atom stereocenters. The minimum atomic E-state index is 0.373. The molecule has 0 aromatic carbocycles. The number of carbonyl (C=O) groups is 1. The van der Waals surface area contributed by atoms with Crippen LogP contribution in [0, 0.1) is 12.8 Å². The molecule has 3 nitrogen and oxygen atoms in total. The van der Waals surface area contributed by atoms with Crippen LogP contribution in [0.2, 0.25) is 0 Å². The lowest BCUT2D eigenvalue weighted by molar-refractivity contribution is -0.120. The maximum Gasteiger partial charge on any atom is 0.136 e. The molecule has 1 heterocycles. The summed E-state index contributed by atoms with van der Waals surface area (Å²) in [6.45, 7) is 4.92. The van der Waals surface area contributed by atoms with Gasteiger partial charge in [-0.25, -0.2) is 0 Å². The smallest absolute Gasteiger partial charge is 0.136 e. The lowest BCUT2D eigenvalue weighted by atomic mass is 10.1. The predicted octanol–water partition coefficient (Wildman–Crippen LogP) is 2.89. The third kappa shape index (κ3) is 2.37. The van der Waals surface area contributed by atoms with Crippen molar-refractivity contribution in [2.75, 3.05) is 0 Å². The molecule has 1 fully saturated rings. The van der Waals surface area contributed by atoms with Gasteiger partial charge in [-0.05, 0) is 49.0 Å². The third-order valence-corrected chi connectivity index (χ3v) is 4.13. The van der Waals surface area contributed by atoms with Crippen LogP contribution in [-0.2, 0) is 17.8 Å². The number of nitrogens with zero attached hydrogens (tertiary/aromatic N) is 2. The normalized spacial score (nSPS) is 15.4. The van der Waals surface area contributed by atoms with Crippen LogP contribution in [0.4, 0.5) is 0 Å². The number of ketones is 1. The van der Waals surface area contributed by atoms with Crippen LogP contribution in [0.5, 0.6) is 0 Å². The molecule has 0 aliphatic heterocycles. The Balaban J connectivity index is 2.04. The molecule has 1 saturated carbocycles. The lowest BCUT2D eigenvalue weighted by Gasteiger charge is -2.04. The molecule has 2 rings (SSSR count). The van der Waals surface area contributed by atoms with E-state index in [2.05, 4.69) is 28.0 Å². The summed E-state index contributed by atoms with van der Waals surface area (Å²) in [5.74, 6) is 0.797. The summed E-state index contributed by atoms with van der Waals surface area (Å²) in [5.41, 5.74) is 2.17. The average molecular weight is 285 g/mol. The second kappa shape index (κ2) is 4.70. The maximum atomic E-state index is 11.7. The molecule has 1 aliphatic carbocycles. The molecule has 1 aliphatic rings. The topological polar surface area (TPSA) is 34.9 Å². The monoisotopic (exact) mass is 284 g/mol. The molecule has 1 aromatic heterocycles. The van der Waals surface area contributed by atoms with E-state index in [9.17, 15) is 4.79 Å². The van der Waals surface area contributed by atoms with Gasteiger partial charge in [-0.1, -0.05) is 0 Å². The molecular weight excluding hydrogens is 268 g/mol. The Bertz CT molecular complexity index is 407. The first-order valence-electron chi connectivity index (χ1n) is 5.88. The van der Waals surface area contributed by atoms with Gasteiger partial charge < -0.3 is 0 Å². The van der Waals surface area contributed by atoms with E-state index in [0.29, 0.717) is 18.1 Å². The van der Waals surface area contributed by atoms with E-state index >= 15 is 0 Å². The molecule has 4 heteroatoms. The summed E-state index contributed by atoms with van der Waals surface area (Å²) < 4.78 is 3.05. The maximum absolute atomic E-state index is 11.7. The van der Waals surface area contributed by atoms with Gasteiger partial charge in [0.05, 0.1) is 15.9 Å². The second-order valence-electron chi connectivity index (χ2n) is 4.40. The van der Waals surface area contributed by atoms with Crippen molar-refractivity contribution in [3.05, 3.63) is 15.9 Å². The fraction of sp³-hybridized carbons (Fsp3) is 0.667. The summed E-state index contributed by atoms with van der Waals surface area (Å²) in [6.07, 6.45) is 3.68. The van der Waals surface area contributed by atoms with Gasteiger partial charge in [0.2, 0.25) is 0 Å². The van der Waals surface area contributed by atoms with E-state index in [1.807, 2.05) is 11.6 Å². The summed E-state index contributed by atoms with van der Waals surface area (Å²) in [7, 11) is 0. The molecule has 0 bridgehead atoms. The number of hydrogen-bond acceptors (Lipinski definition) is 2. The molecule has 0 amide bonds.